The Hall–Kier alpha value is -2.42. The monoisotopic (exact) mass is 332 g/mol. The van der Waals surface area contributed by atoms with Gasteiger partial charge >= 0.3 is 0 Å². The summed E-state index contributed by atoms with van der Waals surface area (Å²) in [5, 5.41) is 25.6. The summed E-state index contributed by atoms with van der Waals surface area (Å²) in [7, 11) is 0. The van der Waals surface area contributed by atoms with Crippen LogP contribution in [-0.2, 0) is 11.2 Å². The van der Waals surface area contributed by atoms with Gasteiger partial charge in [-0.1, -0.05) is 37.7 Å². The predicted molar refractivity (Wildman–Crippen MR) is 83.4 cm³/mol. The van der Waals surface area contributed by atoms with Crippen LogP contribution in [0.1, 0.15) is 32.5 Å². The van der Waals surface area contributed by atoms with Crippen LogP contribution in [0.3, 0.4) is 0 Å². The summed E-state index contributed by atoms with van der Waals surface area (Å²) in [4.78, 5) is 4.39. The molecule has 0 atom stereocenters. The molecule has 0 saturated heterocycles. The molecule has 3 rings (SSSR count). The summed E-state index contributed by atoms with van der Waals surface area (Å²) < 4.78 is 6.85. The second-order valence-corrected chi connectivity index (χ2v) is 6.88. The lowest BCUT2D eigenvalue weighted by Crippen LogP contribution is -2.13. The molecule has 2 heterocycles. The van der Waals surface area contributed by atoms with E-state index >= 15 is 0 Å². The van der Waals surface area contributed by atoms with Gasteiger partial charge in [-0.3, -0.25) is 0 Å². The number of phenols is 1. The van der Waals surface area contributed by atoms with E-state index in [0.29, 0.717) is 22.6 Å². The molecule has 0 fully saturated rings. The third-order valence-corrected chi connectivity index (χ3v) is 3.90. The summed E-state index contributed by atoms with van der Waals surface area (Å²) in [6.45, 7) is 6.08. The minimum atomic E-state index is -0.153. The average Bonchev–Trinajstić information content (AvgIpc) is 3.14. The number of aromatic hydroxyl groups is 1. The molecule has 1 aromatic carbocycles. The highest BCUT2D eigenvalue weighted by Crippen LogP contribution is 2.24. The summed E-state index contributed by atoms with van der Waals surface area (Å²) in [5.41, 5.74) is 0.608. The van der Waals surface area contributed by atoms with Gasteiger partial charge in [-0.2, -0.15) is 9.67 Å². The first-order valence-electron chi connectivity index (χ1n) is 6.97. The van der Waals surface area contributed by atoms with E-state index in [1.54, 1.807) is 28.9 Å². The highest BCUT2D eigenvalue weighted by atomic mass is 32.2. The van der Waals surface area contributed by atoms with Crippen molar-refractivity contribution in [2.24, 2.45) is 0 Å². The molecule has 0 amide bonds. The topological polar surface area (TPSA) is 103 Å². The fraction of sp³-hybridized carbons (Fsp3) is 0.357. The lowest BCUT2D eigenvalue weighted by Gasteiger charge is -2.10. The van der Waals surface area contributed by atoms with Gasteiger partial charge < -0.3 is 9.63 Å². The van der Waals surface area contributed by atoms with E-state index in [-0.39, 0.29) is 11.2 Å². The number of thioether (sulfide) groups is 1. The van der Waals surface area contributed by atoms with Gasteiger partial charge in [0.1, 0.15) is 5.75 Å². The van der Waals surface area contributed by atoms with Crippen LogP contribution in [0.15, 0.2) is 33.9 Å². The standard InChI is InChI=1S/C14H16N6O2S/c1-14(2,3)12-15-11(22-17-12)8-23-13-16-18-19-20(13)9-4-6-10(21)7-5-9/h4-7,21H,8H2,1-3H3. The number of tetrazole rings is 1. The fourth-order valence-electron chi connectivity index (χ4n) is 1.77. The zero-order valence-electron chi connectivity index (χ0n) is 13.0. The summed E-state index contributed by atoms with van der Waals surface area (Å²) >= 11 is 1.40. The first-order valence-corrected chi connectivity index (χ1v) is 7.96. The van der Waals surface area contributed by atoms with E-state index in [0.717, 1.165) is 5.69 Å². The molecule has 0 bridgehead atoms. The first-order chi connectivity index (χ1) is 10.9. The van der Waals surface area contributed by atoms with Crippen molar-refractivity contribution in [1.29, 1.82) is 0 Å². The maximum atomic E-state index is 9.35. The Bertz CT molecular complexity index is 790. The van der Waals surface area contributed by atoms with Crippen LogP contribution in [-0.4, -0.2) is 35.5 Å². The van der Waals surface area contributed by atoms with Crippen LogP contribution >= 0.6 is 11.8 Å². The number of rotatable bonds is 4. The zero-order chi connectivity index (χ0) is 16.4. The van der Waals surface area contributed by atoms with Crippen molar-refractivity contribution < 1.29 is 9.63 Å². The Morgan fingerprint density at radius 3 is 2.61 bits per heavy atom. The molecule has 23 heavy (non-hydrogen) atoms. The third kappa shape index (κ3) is 3.50. The Kier molecular flexibility index (Phi) is 4.03. The summed E-state index contributed by atoms with van der Waals surface area (Å²) in [6, 6.07) is 6.64. The molecule has 3 aromatic rings. The minimum absolute atomic E-state index is 0.153. The van der Waals surface area contributed by atoms with Gasteiger partial charge in [0.05, 0.1) is 11.4 Å². The van der Waals surface area contributed by atoms with Gasteiger partial charge in [-0.15, -0.1) is 5.10 Å². The highest BCUT2D eigenvalue weighted by molar-refractivity contribution is 7.98. The van der Waals surface area contributed by atoms with Gasteiger partial charge in [0.2, 0.25) is 11.0 Å². The van der Waals surface area contributed by atoms with Crippen molar-refractivity contribution in [3.63, 3.8) is 0 Å². The van der Waals surface area contributed by atoms with E-state index in [2.05, 4.69) is 25.7 Å². The zero-order valence-corrected chi connectivity index (χ0v) is 13.8. The van der Waals surface area contributed by atoms with Crippen molar-refractivity contribution >= 4 is 11.8 Å². The van der Waals surface area contributed by atoms with Crippen LogP contribution in [0.2, 0.25) is 0 Å². The average molecular weight is 332 g/mol. The summed E-state index contributed by atoms with van der Waals surface area (Å²) in [6.07, 6.45) is 0. The molecule has 0 aliphatic heterocycles. The number of phenolic OH excluding ortho intramolecular Hbond substituents is 1. The van der Waals surface area contributed by atoms with Crippen LogP contribution in [0.25, 0.3) is 5.69 Å². The smallest absolute Gasteiger partial charge is 0.237 e. The summed E-state index contributed by atoms with van der Waals surface area (Å²) in [5.74, 6) is 1.87. The minimum Gasteiger partial charge on any atom is -0.508 e. The number of hydrogen-bond acceptors (Lipinski definition) is 8. The molecule has 0 radical (unpaired) electrons. The Morgan fingerprint density at radius 2 is 1.96 bits per heavy atom. The molecule has 9 heteroatoms. The molecule has 1 N–H and O–H groups in total. The maximum absolute atomic E-state index is 9.35. The van der Waals surface area contributed by atoms with E-state index in [9.17, 15) is 5.11 Å². The van der Waals surface area contributed by atoms with Crippen molar-refractivity contribution in [3.8, 4) is 11.4 Å². The molecular formula is C14H16N6O2S. The molecule has 8 nitrogen and oxygen atoms in total. The van der Waals surface area contributed by atoms with Gasteiger partial charge in [0.15, 0.2) is 5.82 Å². The van der Waals surface area contributed by atoms with Crippen LogP contribution in [0.4, 0.5) is 0 Å². The van der Waals surface area contributed by atoms with E-state index < -0.39 is 0 Å². The fourth-order valence-corrected chi connectivity index (χ4v) is 2.50. The molecule has 0 unspecified atom stereocenters. The highest BCUT2D eigenvalue weighted by Gasteiger charge is 2.21. The number of benzene rings is 1. The molecule has 0 spiro atoms. The van der Waals surface area contributed by atoms with Crippen LogP contribution < -0.4 is 0 Å². The van der Waals surface area contributed by atoms with Crippen LogP contribution in [0.5, 0.6) is 5.75 Å². The number of hydrogen-bond donors (Lipinski definition) is 1. The predicted octanol–water partition coefficient (Wildman–Crippen LogP) is 2.34. The Morgan fingerprint density at radius 1 is 1.22 bits per heavy atom. The van der Waals surface area contributed by atoms with Crippen LogP contribution in [0, 0.1) is 0 Å². The normalized spacial score (nSPS) is 11.8. The van der Waals surface area contributed by atoms with Gasteiger partial charge in [-0.05, 0) is 34.7 Å². The SMILES string of the molecule is CC(C)(C)c1noc(CSc2nnnn2-c2ccc(O)cc2)n1. The van der Waals surface area contributed by atoms with E-state index in [1.165, 1.54) is 11.8 Å². The lowest BCUT2D eigenvalue weighted by molar-refractivity contribution is 0.372. The Labute approximate surface area is 136 Å². The molecule has 2 aromatic heterocycles. The largest absolute Gasteiger partial charge is 0.508 e. The number of aromatic nitrogens is 6. The Balaban J connectivity index is 1.73. The van der Waals surface area contributed by atoms with E-state index in [4.69, 9.17) is 4.52 Å². The van der Waals surface area contributed by atoms with Crippen molar-refractivity contribution in [2.75, 3.05) is 0 Å². The second-order valence-electron chi connectivity index (χ2n) is 5.94. The van der Waals surface area contributed by atoms with Gasteiger partial charge in [0, 0.05) is 5.41 Å². The van der Waals surface area contributed by atoms with Gasteiger partial charge in [0.25, 0.3) is 0 Å². The lowest BCUT2D eigenvalue weighted by atomic mass is 9.96. The molecule has 0 saturated carbocycles. The molecule has 0 aliphatic rings. The number of nitrogens with zero attached hydrogens (tertiary/aromatic N) is 6. The quantitative estimate of drug-likeness (QED) is 0.726. The van der Waals surface area contributed by atoms with Crippen molar-refractivity contribution in [2.45, 2.75) is 37.1 Å². The second kappa shape index (κ2) is 5.99. The maximum Gasteiger partial charge on any atom is 0.237 e. The third-order valence-electron chi connectivity index (χ3n) is 3.00. The van der Waals surface area contributed by atoms with E-state index in [1.807, 2.05) is 20.8 Å². The molecule has 0 aliphatic carbocycles. The van der Waals surface area contributed by atoms with Crippen molar-refractivity contribution in [1.82, 2.24) is 30.3 Å². The molecular weight excluding hydrogens is 316 g/mol. The van der Waals surface area contributed by atoms with Gasteiger partial charge in [-0.25, -0.2) is 0 Å². The van der Waals surface area contributed by atoms with Crippen molar-refractivity contribution in [3.05, 3.63) is 36.0 Å². The first kappa shape index (κ1) is 15.5. The molecule has 120 valence electrons.